The van der Waals surface area contributed by atoms with Crippen molar-refractivity contribution in [1.82, 2.24) is 15.1 Å². The summed E-state index contributed by atoms with van der Waals surface area (Å²) >= 11 is 5.73. The molecule has 23 heavy (non-hydrogen) atoms. The van der Waals surface area contributed by atoms with Gasteiger partial charge in [-0.1, -0.05) is 11.6 Å². The molecule has 6 nitrogen and oxygen atoms in total. The van der Waals surface area contributed by atoms with Gasteiger partial charge < -0.3 is 10.6 Å². The SMILES string of the molecule is Cc1nn(C)c(C)c1NC(=O)CNC(=O)c1cc(Cl)ccc1F. The number of halogens is 2. The molecule has 1 aromatic carbocycles. The summed E-state index contributed by atoms with van der Waals surface area (Å²) in [5, 5.41) is 9.45. The largest absolute Gasteiger partial charge is 0.343 e. The van der Waals surface area contributed by atoms with Crippen molar-refractivity contribution < 1.29 is 14.0 Å². The van der Waals surface area contributed by atoms with E-state index in [0.29, 0.717) is 11.4 Å². The Labute approximate surface area is 137 Å². The van der Waals surface area contributed by atoms with E-state index in [1.165, 1.54) is 12.1 Å². The lowest BCUT2D eigenvalue weighted by molar-refractivity contribution is -0.115. The van der Waals surface area contributed by atoms with Gasteiger partial charge in [0.15, 0.2) is 0 Å². The number of hydrogen-bond acceptors (Lipinski definition) is 3. The molecule has 0 aliphatic carbocycles. The van der Waals surface area contributed by atoms with E-state index in [0.717, 1.165) is 11.8 Å². The summed E-state index contributed by atoms with van der Waals surface area (Å²) in [6.07, 6.45) is 0. The number of amides is 2. The second-order valence-corrected chi connectivity index (χ2v) is 5.46. The Morgan fingerprint density at radius 3 is 2.65 bits per heavy atom. The molecule has 0 unspecified atom stereocenters. The van der Waals surface area contributed by atoms with E-state index in [4.69, 9.17) is 11.6 Å². The number of aryl methyl sites for hydroxylation is 2. The zero-order valence-electron chi connectivity index (χ0n) is 12.9. The summed E-state index contributed by atoms with van der Waals surface area (Å²) in [7, 11) is 1.77. The Bertz CT molecular complexity index is 773. The van der Waals surface area contributed by atoms with E-state index in [-0.39, 0.29) is 17.1 Å². The molecular formula is C15H16ClFN4O2. The van der Waals surface area contributed by atoms with E-state index >= 15 is 0 Å². The molecule has 0 fully saturated rings. The number of benzene rings is 1. The van der Waals surface area contributed by atoms with Crippen LogP contribution in [0.15, 0.2) is 18.2 Å². The zero-order valence-corrected chi connectivity index (χ0v) is 13.7. The summed E-state index contributed by atoms with van der Waals surface area (Å²) in [5.74, 6) is -1.84. The molecule has 1 aromatic heterocycles. The maximum Gasteiger partial charge on any atom is 0.254 e. The Morgan fingerprint density at radius 2 is 2.04 bits per heavy atom. The van der Waals surface area contributed by atoms with Crippen molar-refractivity contribution in [1.29, 1.82) is 0 Å². The average molecular weight is 339 g/mol. The smallest absolute Gasteiger partial charge is 0.254 e. The van der Waals surface area contributed by atoms with Crippen LogP contribution in [0.5, 0.6) is 0 Å². The van der Waals surface area contributed by atoms with Crippen LogP contribution in [0, 0.1) is 19.7 Å². The first kappa shape index (κ1) is 17.0. The summed E-state index contributed by atoms with van der Waals surface area (Å²) in [4.78, 5) is 23.8. The first-order chi connectivity index (χ1) is 10.8. The highest BCUT2D eigenvalue weighted by Crippen LogP contribution is 2.18. The maximum absolute atomic E-state index is 13.6. The van der Waals surface area contributed by atoms with Gasteiger partial charge in [0.1, 0.15) is 5.82 Å². The van der Waals surface area contributed by atoms with E-state index in [1.54, 1.807) is 18.7 Å². The zero-order chi connectivity index (χ0) is 17.1. The number of nitrogens with one attached hydrogen (secondary N) is 2. The van der Waals surface area contributed by atoms with Crippen molar-refractivity contribution in [2.45, 2.75) is 13.8 Å². The fourth-order valence-corrected chi connectivity index (χ4v) is 2.24. The molecule has 0 spiro atoms. The number of nitrogens with zero attached hydrogens (tertiary/aromatic N) is 2. The molecule has 2 N–H and O–H groups in total. The van der Waals surface area contributed by atoms with Gasteiger partial charge in [-0.25, -0.2) is 4.39 Å². The van der Waals surface area contributed by atoms with E-state index in [2.05, 4.69) is 15.7 Å². The number of rotatable bonds is 4. The molecule has 0 radical (unpaired) electrons. The third-order valence-corrected chi connectivity index (χ3v) is 3.59. The number of hydrogen-bond donors (Lipinski definition) is 2. The van der Waals surface area contributed by atoms with Crippen LogP contribution in [0.3, 0.4) is 0 Å². The van der Waals surface area contributed by atoms with Gasteiger partial charge in [-0.15, -0.1) is 0 Å². The quantitative estimate of drug-likeness (QED) is 0.897. The lowest BCUT2D eigenvalue weighted by Crippen LogP contribution is -2.33. The minimum absolute atomic E-state index is 0.209. The van der Waals surface area contributed by atoms with Gasteiger partial charge in [0.2, 0.25) is 5.91 Å². The van der Waals surface area contributed by atoms with Crippen molar-refractivity contribution in [2.24, 2.45) is 7.05 Å². The van der Waals surface area contributed by atoms with Crippen molar-refractivity contribution in [3.63, 3.8) is 0 Å². The molecule has 1 heterocycles. The topological polar surface area (TPSA) is 76.0 Å². The number of anilines is 1. The van der Waals surface area contributed by atoms with Gasteiger partial charge in [-0.2, -0.15) is 5.10 Å². The van der Waals surface area contributed by atoms with Gasteiger partial charge in [-0.05, 0) is 32.0 Å². The van der Waals surface area contributed by atoms with Crippen LogP contribution in [0.25, 0.3) is 0 Å². The Balaban J connectivity index is 1.99. The standard InChI is InChI=1S/C15H16ClFN4O2/c1-8-14(9(2)21(3)20-8)19-13(22)7-18-15(23)11-6-10(16)4-5-12(11)17/h4-6H,7H2,1-3H3,(H,18,23)(H,19,22). The van der Waals surface area contributed by atoms with E-state index < -0.39 is 17.6 Å². The summed E-state index contributed by atoms with van der Waals surface area (Å²) in [5.41, 5.74) is 1.85. The predicted molar refractivity (Wildman–Crippen MR) is 85.1 cm³/mol. The molecular weight excluding hydrogens is 323 g/mol. The van der Waals surface area contributed by atoms with Crippen LogP contribution in [-0.2, 0) is 11.8 Å². The Kier molecular flexibility index (Phi) is 5.00. The predicted octanol–water partition coefficient (Wildman–Crippen LogP) is 2.20. The van der Waals surface area contributed by atoms with Crippen LogP contribution < -0.4 is 10.6 Å². The van der Waals surface area contributed by atoms with Crippen molar-refractivity contribution >= 4 is 29.1 Å². The fourth-order valence-electron chi connectivity index (χ4n) is 2.07. The van der Waals surface area contributed by atoms with Gasteiger partial charge in [0.25, 0.3) is 5.91 Å². The normalized spacial score (nSPS) is 10.5. The monoisotopic (exact) mass is 338 g/mol. The second kappa shape index (κ2) is 6.78. The first-order valence-electron chi connectivity index (χ1n) is 6.83. The molecule has 122 valence electrons. The molecule has 8 heteroatoms. The number of carbonyl (C=O) groups excluding carboxylic acids is 2. The van der Waals surface area contributed by atoms with Gasteiger partial charge in [-0.3, -0.25) is 14.3 Å². The van der Waals surface area contributed by atoms with E-state index in [9.17, 15) is 14.0 Å². The van der Waals surface area contributed by atoms with Crippen LogP contribution in [-0.4, -0.2) is 28.1 Å². The lowest BCUT2D eigenvalue weighted by Gasteiger charge is -2.08. The maximum atomic E-state index is 13.6. The number of aromatic nitrogens is 2. The highest BCUT2D eigenvalue weighted by molar-refractivity contribution is 6.31. The van der Waals surface area contributed by atoms with Crippen LogP contribution in [0.2, 0.25) is 5.02 Å². The van der Waals surface area contributed by atoms with Gasteiger partial charge >= 0.3 is 0 Å². The summed E-state index contributed by atoms with van der Waals surface area (Å²) in [6, 6.07) is 3.65. The molecule has 0 saturated carbocycles. The van der Waals surface area contributed by atoms with Crippen LogP contribution >= 0.6 is 11.6 Å². The highest BCUT2D eigenvalue weighted by Gasteiger charge is 2.15. The molecule has 0 saturated heterocycles. The molecule has 2 rings (SSSR count). The highest BCUT2D eigenvalue weighted by atomic mass is 35.5. The van der Waals surface area contributed by atoms with Crippen LogP contribution in [0.1, 0.15) is 21.7 Å². The minimum Gasteiger partial charge on any atom is -0.343 e. The summed E-state index contributed by atoms with van der Waals surface area (Å²) < 4.78 is 15.2. The van der Waals surface area contributed by atoms with Crippen molar-refractivity contribution in [2.75, 3.05) is 11.9 Å². The van der Waals surface area contributed by atoms with E-state index in [1.807, 2.05) is 6.92 Å². The molecule has 0 bridgehead atoms. The summed E-state index contributed by atoms with van der Waals surface area (Å²) in [6.45, 7) is 3.29. The van der Waals surface area contributed by atoms with Gasteiger partial charge in [0.05, 0.1) is 29.2 Å². The molecule has 2 aromatic rings. The molecule has 2 amide bonds. The third kappa shape index (κ3) is 3.87. The number of carbonyl (C=O) groups is 2. The van der Waals surface area contributed by atoms with Gasteiger partial charge in [0, 0.05) is 12.1 Å². The van der Waals surface area contributed by atoms with Crippen molar-refractivity contribution in [3.8, 4) is 0 Å². The Morgan fingerprint density at radius 1 is 1.35 bits per heavy atom. The molecule has 0 aliphatic rings. The average Bonchev–Trinajstić information content (AvgIpc) is 2.73. The minimum atomic E-state index is -0.709. The van der Waals surface area contributed by atoms with Crippen LogP contribution in [0.4, 0.5) is 10.1 Å². The second-order valence-electron chi connectivity index (χ2n) is 5.02. The fraction of sp³-hybridized carbons (Fsp3) is 0.267. The lowest BCUT2D eigenvalue weighted by atomic mass is 10.2. The molecule has 0 aliphatic heterocycles. The molecule has 0 atom stereocenters. The van der Waals surface area contributed by atoms with Crippen molar-refractivity contribution in [3.05, 3.63) is 46.0 Å². The third-order valence-electron chi connectivity index (χ3n) is 3.36. The first-order valence-corrected chi connectivity index (χ1v) is 7.20. The Hall–Kier alpha value is -2.41.